The minimum Gasteiger partial charge on any atom is -0.360 e. The maximum atomic E-state index is 13.6. The molecule has 45 heavy (non-hydrogen) atoms. The van der Waals surface area contributed by atoms with E-state index < -0.39 is 20.8 Å². The van der Waals surface area contributed by atoms with Crippen molar-refractivity contribution in [1.29, 1.82) is 0 Å². The number of benzene rings is 7. The Bertz CT molecular complexity index is 2920. The van der Waals surface area contributed by atoms with Crippen LogP contribution in [-0.4, -0.2) is 30.9 Å². The van der Waals surface area contributed by atoms with Crippen LogP contribution in [0, 0.1) is 0 Å². The quantitative estimate of drug-likeness (QED) is 0.0969. The van der Waals surface area contributed by atoms with Gasteiger partial charge in [0, 0.05) is 48.5 Å². The number of hydrogen-bond donors (Lipinski definition) is 3. The van der Waals surface area contributed by atoms with Crippen LogP contribution in [0.3, 0.4) is 0 Å². The summed E-state index contributed by atoms with van der Waals surface area (Å²) < 4.78 is 77.8. The van der Waals surface area contributed by atoms with E-state index in [1.807, 2.05) is 0 Å². The van der Waals surface area contributed by atoms with Crippen molar-refractivity contribution in [3.05, 3.63) is 93.1 Å². The molecule has 3 N–H and O–H groups in total. The molecule has 8 rings (SSSR count). The summed E-state index contributed by atoms with van der Waals surface area (Å²) >= 11 is 13.9. The van der Waals surface area contributed by atoms with Crippen LogP contribution in [0.4, 0.5) is 0 Å². The summed E-state index contributed by atoms with van der Waals surface area (Å²) in [7, 11) is -10.2. The lowest BCUT2D eigenvalue weighted by Gasteiger charge is -2.20. The summed E-state index contributed by atoms with van der Waals surface area (Å²) in [4.78, 5) is 16.8. The maximum absolute atomic E-state index is 13.6. The number of aromatic nitrogens is 1. The fourth-order valence-electron chi connectivity index (χ4n) is 6.44. The van der Waals surface area contributed by atoms with Crippen LogP contribution in [0.15, 0.2) is 77.6 Å². The molecule has 0 unspecified atom stereocenters. The molecule has 10 nitrogen and oxygen atoms in total. The molecule has 0 radical (unpaired) electrons. The number of H-pyrrole nitrogens is 1. The van der Waals surface area contributed by atoms with Gasteiger partial charge in [-0.05, 0) is 22.9 Å². The molecule has 1 heterocycles. The molecule has 1 aromatic heterocycles. The second kappa shape index (κ2) is 9.30. The van der Waals surface area contributed by atoms with Gasteiger partial charge in [-0.2, -0.15) is 16.8 Å². The molecule has 0 spiro atoms. The van der Waals surface area contributed by atoms with Crippen molar-refractivity contribution in [3.63, 3.8) is 0 Å². The van der Waals surface area contributed by atoms with Gasteiger partial charge < -0.3 is 13.4 Å². The van der Waals surface area contributed by atoms with E-state index >= 15 is 0 Å². The molecule has 8 aromatic rings. The molecule has 0 saturated heterocycles. The van der Waals surface area contributed by atoms with E-state index in [0.717, 1.165) is 0 Å². The van der Waals surface area contributed by atoms with Gasteiger partial charge in [0.05, 0.1) is 26.5 Å². The largest absolute Gasteiger partial charge is 0.446 e. The molecule has 0 aliphatic heterocycles. The third-order valence-corrected chi connectivity index (χ3v) is 9.64. The summed E-state index contributed by atoms with van der Waals surface area (Å²) in [5.74, 6) is -0.673. The van der Waals surface area contributed by atoms with Gasteiger partial charge in [-0.3, -0.25) is 13.9 Å². The molecular formula is C31H15Cl2NO9S2. The highest BCUT2D eigenvalue weighted by Gasteiger charge is 2.27. The van der Waals surface area contributed by atoms with E-state index in [1.54, 1.807) is 42.5 Å². The van der Waals surface area contributed by atoms with Gasteiger partial charge in [-0.25, -0.2) is 0 Å². The Morgan fingerprint density at radius 3 is 1.69 bits per heavy atom. The first kappa shape index (κ1) is 28.1. The lowest BCUT2D eigenvalue weighted by molar-refractivity contribution is 0.385. The Hall–Kier alpha value is -4.43. The molecule has 224 valence electrons. The molecule has 0 amide bonds. The molecule has 0 atom stereocenters. The van der Waals surface area contributed by atoms with E-state index in [0.29, 0.717) is 48.6 Å². The first-order chi connectivity index (χ1) is 21.3. The highest BCUT2D eigenvalue weighted by Crippen LogP contribution is 2.50. The fraction of sp³-hybridized carbons (Fsp3) is 0. The maximum Gasteiger partial charge on any atom is 0.446 e. The van der Waals surface area contributed by atoms with Gasteiger partial charge in [0.25, 0.3) is 0 Å². The van der Waals surface area contributed by atoms with Crippen LogP contribution in [-0.2, 0) is 20.8 Å². The van der Waals surface area contributed by atoms with E-state index in [-0.39, 0.29) is 54.0 Å². The molecule has 7 aromatic carbocycles. The lowest BCUT2D eigenvalue weighted by atomic mass is 9.90. The number of nitrogens with one attached hydrogen (secondary N) is 1. The average molecular weight is 680 g/mol. The Labute approximate surface area is 262 Å². The molecular weight excluding hydrogens is 665 g/mol. The van der Waals surface area contributed by atoms with Crippen LogP contribution in [0.2, 0.25) is 10.0 Å². The van der Waals surface area contributed by atoms with Gasteiger partial charge in [0.15, 0.2) is 16.9 Å². The molecule has 0 aliphatic carbocycles. The zero-order chi connectivity index (χ0) is 31.6. The van der Waals surface area contributed by atoms with Crippen molar-refractivity contribution in [2.24, 2.45) is 0 Å². The number of aromatic amines is 1. The predicted molar refractivity (Wildman–Crippen MR) is 175 cm³/mol. The van der Waals surface area contributed by atoms with Crippen molar-refractivity contribution in [2.45, 2.75) is 0 Å². The zero-order valence-corrected chi connectivity index (χ0v) is 25.4. The Balaban J connectivity index is 1.67. The minimum atomic E-state index is -5.11. The number of halogens is 2. The van der Waals surface area contributed by atoms with Crippen molar-refractivity contribution >= 4 is 120 Å². The SMILES string of the molecule is O=c1c2ccccc2c2c(Cl)c(Cl)c3[nH]c4c(ccc5c(OS(=O)(=O)O)c6ccccc6c(OS(=O)(=O)O)c54)c4ccc1c2c34. The van der Waals surface area contributed by atoms with Crippen molar-refractivity contribution in [3.8, 4) is 11.5 Å². The predicted octanol–water partition coefficient (Wildman–Crippen LogP) is 7.56. The number of rotatable bonds is 4. The summed E-state index contributed by atoms with van der Waals surface area (Å²) in [5.41, 5.74) is 0.307. The fourth-order valence-corrected chi connectivity index (χ4v) is 7.74. The van der Waals surface area contributed by atoms with Crippen molar-refractivity contribution in [2.75, 3.05) is 0 Å². The van der Waals surface area contributed by atoms with Gasteiger partial charge >= 0.3 is 20.8 Å². The van der Waals surface area contributed by atoms with Crippen LogP contribution in [0.1, 0.15) is 0 Å². The zero-order valence-electron chi connectivity index (χ0n) is 22.3. The third kappa shape index (κ3) is 4.04. The van der Waals surface area contributed by atoms with Gasteiger partial charge in [-0.1, -0.05) is 83.9 Å². The number of hydrogen-bond acceptors (Lipinski definition) is 7. The molecule has 14 heteroatoms. The summed E-state index contributed by atoms with van der Waals surface area (Å²) in [6.45, 7) is 0. The standard InChI is InChI=1S/C31H15Cl2NO9S2/c32-25-22-13-5-1-2-6-16(13)29(35)19-11-9-14-15-10-12-20-24(27(15)34-28(26(25)33)23(14)21(19)22)31(43-45(39,40)41)18-8-4-3-7-17(18)30(20)42-44(36,37)38/h1-12,34H,(H,36,37,38)(H,39,40,41). The monoisotopic (exact) mass is 679 g/mol. The average Bonchev–Trinajstić information content (AvgIpc) is 2.99. The number of pyridine rings is 1. The lowest BCUT2D eigenvalue weighted by Crippen LogP contribution is -2.10. The smallest absolute Gasteiger partial charge is 0.360 e. The van der Waals surface area contributed by atoms with Gasteiger partial charge in [0.2, 0.25) is 0 Å². The molecule has 0 saturated carbocycles. The normalized spacial score (nSPS) is 12.9. The topological polar surface area (TPSA) is 160 Å². The Morgan fingerprint density at radius 2 is 1.02 bits per heavy atom. The summed E-state index contributed by atoms with van der Waals surface area (Å²) in [6.07, 6.45) is 0. The van der Waals surface area contributed by atoms with Crippen LogP contribution < -0.4 is 13.8 Å². The van der Waals surface area contributed by atoms with E-state index in [9.17, 15) is 30.7 Å². The highest BCUT2D eigenvalue weighted by molar-refractivity contribution is 7.81. The van der Waals surface area contributed by atoms with E-state index in [4.69, 9.17) is 31.6 Å². The van der Waals surface area contributed by atoms with Crippen LogP contribution >= 0.6 is 23.2 Å². The van der Waals surface area contributed by atoms with Crippen LogP contribution in [0.25, 0.3) is 75.7 Å². The summed E-state index contributed by atoms with van der Waals surface area (Å²) in [5, 5.41) is 4.72. The van der Waals surface area contributed by atoms with E-state index in [2.05, 4.69) is 4.98 Å². The third-order valence-electron chi connectivity index (χ3n) is 8.03. The first-order valence-corrected chi connectivity index (χ1v) is 16.6. The second-order valence-electron chi connectivity index (χ2n) is 10.4. The van der Waals surface area contributed by atoms with Crippen molar-refractivity contribution < 1.29 is 34.3 Å². The molecule has 0 bridgehead atoms. The minimum absolute atomic E-state index is 0.0107. The highest BCUT2D eigenvalue weighted by atomic mass is 35.5. The molecule has 0 fully saturated rings. The first-order valence-electron chi connectivity index (χ1n) is 13.1. The Morgan fingerprint density at radius 1 is 0.511 bits per heavy atom. The van der Waals surface area contributed by atoms with Crippen LogP contribution in [0.5, 0.6) is 11.5 Å². The second-order valence-corrected chi connectivity index (χ2v) is 13.2. The Kier molecular flexibility index (Phi) is 5.80. The van der Waals surface area contributed by atoms with Gasteiger partial charge in [0.1, 0.15) is 0 Å². The summed E-state index contributed by atoms with van der Waals surface area (Å²) in [6, 6.07) is 19.5. The van der Waals surface area contributed by atoms with Gasteiger partial charge in [-0.15, -0.1) is 0 Å². The molecule has 0 aliphatic rings. The van der Waals surface area contributed by atoms with Crippen molar-refractivity contribution in [1.82, 2.24) is 4.98 Å². The number of fused-ring (bicyclic) bond motifs is 7. The van der Waals surface area contributed by atoms with E-state index in [1.165, 1.54) is 30.3 Å².